The maximum Gasteiger partial charge on any atom is 0.416 e. The summed E-state index contributed by atoms with van der Waals surface area (Å²) < 4.78 is 41.3. The van der Waals surface area contributed by atoms with E-state index in [0.717, 1.165) is 42.3 Å². The average molecular weight is 472 g/mol. The van der Waals surface area contributed by atoms with Gasteiger partial charge >= 0.3 is 6.18 Å². The van der Waals surface area contributed by atoms with Gasteiger partial charge in [0.15, 0.2) is 5.65 Å². The number of nitrogens with one attached hydrogen (secondary N) is 1. The summed E-state index contributed by atoms with van der Waals surface area (Å²) in [5.41, 5.74) is 2.38. The van der Waals surface area contributed by atoms with Crippen molar-refractivity contribution in [3.05, 3.63) is 64.7 Å². The van der Waals surface area contributed by atoms with Crippen molar-refractivity contribution in [1.29, 1.82) is 0 Å². The van der Waals surface area contributed by atoms with Crippen LogP contribution in [0.5, 0.6) is 0 Å². The van der Waals surface area contributed by atoms with Gasteiger partial charge in [0, 0.05) is 22.5 Å². The van der Waals surface area contributed by atoms with Crippen molar-refractivity contribution in [2.75, 3.05) is 11.9 Å². The first-order valence-electron chi connectivity index (χ1n) is 10.8. The molecule has 0 fully saturated rings. The van der Waals surface area contributed by atoms with Gasteiger partial charge in [-0.15, -0.1) is 5.10 Å². The molecular weight excluding hydrogens is 451 g/mol. The van der Waals surface area contributed by atoms with Crippen LogP contribution >= 0.6 is 11.6 Å². The Morgan fingerprint density at radius 1 is 1.09 bits per heavy atom. The van der Waals surface area contributed by atoms with Crippen LogP contribution in [0.2, 0.25) is 5.02 Å². The first kappa shape index (κ1) is 21.7. The van der Waals surface area contributed by atoms with Crippen molar-refractivity contribution in [1.82, 2.24) is 19.8 Å². The third-order valence-corrected chi connectivity index (χ3v) is 6.13. The number of nitrogens with zero attached hydrogens (tertiary/aromatic N) is 4. The number of halogens is 4. The highest BCUT2D eigenvalue weighted by Gasteiger charge is 2.31. The zero-order chi connectivity index (χ0) is 23.0. The number of hydrogen-bond donors (Lipinski definition) is 1. The predicted octanol–water partition coefficient (Wildman–Crippen LogP) is 6.92. The molecule has 0 spiro atoms. The Morgan fingerprint density at radius 2 is 1.97 bits per heavy atom. The third kappa shape index (κ3) is 4.39. The van der Waals surface area contributed by atoms with Gasteiger partial charge in [-0.3, -0.25) is 0 Å². The Hall–Kier alpha value is -3.13. The van der Waals surface area contributed by atoms with E-state index >= 15 is 0 Å². The van der Waals surface area contributed by atoms with Crippen LogP contribution in [0, 0.1) is 0 Å². The molecule has 0 aliphatic heterocycles. The number of alkyl halides is 3. The zero-order valence-corrected chi connectivity index (χ0v) is 18.4. The Balaban J connectivity index is 1.57. The standard InChI is InChI=1S/C24H21ClF3N5/c25-18-9-10-20-19(14-18)22(29-12-11-15-5-2-1-3-6-15)30-23-21(31-32-33(20)23)16-7-4-8-17(13-16)24(26,27)28/h4-5,7-10,13-14H,1-3,6,11-12H2,(H,29,30). The summed E-state index contributed by atoms with van der Waals surface area (Å²) in [4.78, 5) is 4.72. The summed E-state index contributed by atoms with van der Waals surface area (Å²) in [6.07, 6.45) is 3.47. The molecule has 0 radical (unpaired) electrons. The molecule has 0 bridgehead atoms. The van der Waals surface area contributed by atoms with Crippen molar-refractivity contribution in [3.63, 3.8) is 0 Å². The Morgan fingerprint density at radius 3 is 2.76 bits per heavy atom. The maximum atomic E-state index is 13.2. The zero-order valence-electron chi connectivity index (χ0n) is 17.7. The number of fused-ring (bicyclic) bond motifs is 3. The fraction of sp³-hybridized carbons (Fsp3) is 0.292. The van der Waals surface area contributed by atoms with E-state index in [9.17, 15) is 13.2 Å². The van der Waals surface area contributed by atoms with Crippen LogP contribution in [0.3, 0.4) is 0 Å². The van der Waals surface area contributed by atoms with E-state index in [4.69, 9.17) is 16.6 Å². The Labute approximate surface area is 193 Å². The number of allylic oxidation sites excluding steroid dienone is 1. The second-order valence-electron chi connectivity index (χ2n) is 8.16. The van der Waals surface area contributed by atoms with E-state index in [0.29, 0.717) is 28.6 Å². The molecule has 0 amide bonds. The quantitative estimate of drug-likeness (QED) is 0.321. The summed E-state index contributed by atoms with van der Waals surface area (Å²) in [7, 11) is 0. The summed E-state index contributed by atoms with van der Waals surface area (Å²) in [5, 5.41) is 13.1. The minimum absolute atomic E-state index is 0.288. The van der Waals surface area contributed by atoms with Crippen LogP contribution < -0.4 is 5.32 Å². The summed E-state index contributed by atoms with van der Waals surface area (Å²) in [6, 6.07) is 10.4. The van der Waals surface area contributed by atoms with Crippen LogP contribution in [-0.4, -0.2) is 26.4 Å². The third-order valence-electron chi connectivity index (χ3n) is 5.89. The molecule has 1 N–H and O–H groups in total. The first-order valence-corrected chi connectivity index (χ1v) is 11.2. The van der Waals surface area contributed by atoms with Crippen molar-refractivity contribution < 1.29 is 13.2 Å². The summed E-state index contributed by atoms with van der Waals surface area (Å²) >= 11 is 6.24. The highest BCUT2D eigenvalue weighted by atomic mass is 35.5. The fourth-order valence-corrected chi connectivity index (χ4v) is 4.40. The second kappa shape index (κ2) is 8.67. The average Bonchev–Trinajstić information content (AvgIpc) is 3.23. The largest absolute Gasteiger partial charge is 0.416 e. The molecule has 5 nitrogen and oxygen atoms in total. The van der Waals surface area contributed by atoms with Crippen molar-refractivity contribution in [2.24, 2.45) is 0 Å². The van der Waals surface area contributed by atoms with E-state index in [-0.39, 0.29) is 5.69 Å². The molecule has 2 aromatic heterocycles. The first-order chi connectivity index (χ1) is 15.9. The van der Waals surface area contributed by atoms with Crippen LogP contribution in [0.1, 0.15) is 37.7 Å². The molecule has 1 aliphatic carbocycles. The lowest BCUT2D eigenvalue weighted by Crippen LogP contribution is -2.08. The Kier molecular flexibility index (Phi) is 5.70. The van der Waals surface area contributed by atoms with E-state index in [1.165, 1.54) is 29.0 Å². The van der Waals surface area contributed by atoms with Gasteiger partial charge in [0.25, 0.3) is 0 Å². The lowest BCUT2D eigenvalue weighted by molar-refractivity contribution is -0.137. The number of rotatable bonds is 5. The van der Waals surface area contributed by atoms with E-state index in [2.05, 4.69) is 21.7 Å². The van der Waals surface area contributed by atoms with Crippen LogP contribution in [-0.2, 0) is 6.18 Å². The van der Waals surface area contributed by atoms with Gasteiger partial charge in [0.1, 0.15) is 11.5 Å². The number of benzene rings is 2. The molecule has 5 rings (SSSR count). The van der Waals surface area contributed by atoms with Crippen LogP contribution in [0.25, 0.3) is 27.8 Å². The minimum atomic E-state index is -4.45. The minimum Gasteiger partial charge on any atom is -0.369 e. The van der Waals surface area contributed by atoms with Gasteiger partial charge < -0.3 is 5.32 Å². The van der Waals surface area contributed by atoms with E-state index in [1.807, 2.05) is 6.07 Å². The molecule has 0 unspecified atom stereocenters. The highest BCUT2D eigenvalue weighted by molar-refractivity contribution is 6.31. The predicted molar refractivity (Wildman–Crippen MR) is 123 cm³/mol. The monoisotopic (exact) mass is 471 g/mol. The molecule has 33 heavy (non-hydrogen) atoms. The van der Waals surface area contributed by atoms with E-state index < -0.39 is 11.7 Å². The molecule has 0 saturated carbocycles. The van der Waals surface area contributed by atoms with Gasteiger partial charge in [-0.1, -0.05) is 40.6 Å². The van der Waals surface area contributed by atoms with Crippen molar-refractivity contribution in [2.45, 2.75) is 38.3 Å². The normalized spacial score (nSPS) is 14.6. The van der Waals surface area contributed by atoms with Gasteiger partial charge in [-0.25, -0.2) is 4.98 Å². The SMILES string of the molecule is FC(F)(F)c1cccc(-c2nnn3c2nc(NCCC2=CCCCC2)c2cc(Cl)ccc23)c1. The molecule has 9 heteroatoms. The fourth-order valence-electron chi connectivity index (χ4n) is 4.23. The number of aromatic nitrogens is 4. The molecule has 2 aromatic carbocycles. The molecule has 0 atom stereocenters. The highest BCUT2D eigenvalue weighted by Crippen LogP contribution is 2.34. The molecule has 1 aliphatic rings. The second-order valence-corrected chi connectivity index (χ2v) is 8.60. The molecule has 170 valence electrons. The van der Waals surface area contributed by atoms with Gasteiger partial charge in [0.05, 0.1) is 11.1 Å². The van der Waals surface area contributed by atoms with E-state index in [1.54, 1.807) is 18.2 Å². The van der Waals surface area contributed by atoms with Gasteiger partial charge in [-0.2, -0.15) is 17.7 Å². The van der Waals surface area contributed by atoms with Crippen molar-refractivity contribution in [3.8, 4) is 11.3 Å². The van der Waals surface area contributed by atoms with Gasteiger partial charge in [-0.05, 0) is 62.4 Å². The lowest BCUT2D eigenvalue weighted by atomic mass is 9.97. The summed E-state index contributed by atoms with van der Waals surface area (Å²) in [6.45, 7) is 0.692. The topological polar surface area (TPSA) is 55.1 Å². The van der Waals surface area contributed by atoms with Crippen LogP contribution in [0.15, 0.2) is 54.1 Å². The molecule has 4 aromatic rings. The molecule has 0 saturated heterocycles. The number of anilines is 1. The lowest BCUT2D eigenvalue weighted by Gasteiger charge is -2.14. The van der Waals surface area contributed by atoms with Crippen molar-refractivity contribution >= 4 is 34.0 Å². The maximum absolute atomic E-state index is 13.2. The number of hydrogen-bond acceptors (Lipinski definition) is 4. The molecular formula is C24H21ClF3N5. The summed E-state index contributed by atoms with van der Waals surface area (Å²) in [5.74, 6) is 0.604. The Bertz CT molecular complexity index is 1360. The molecule has 2 heterocycles. The van der Waals surface area contributed by atoms with Gasteiger partial charge in [0.2, 0.25) is 0 Å². The van der Waals surface area contributed by atoms with Crippen LogP contribution in [0.4, 0.5) is 19.0 Å². The smallest absolute Gasteiger partial charge is 0.369 e.